The molecule has 4 N–H and O–H groups in total. The van der Waals surface area contributed by atoms with E-state index in [9.17, 15) is 0 Å². The maximum Gasteiger partial charge on any atom is 0.101 e. The molecule has 2 aliphatic rings. The van der Waals surface area contributed by atoms with Gasteiger partial charge in [-0.25, -0.2) is 0 Å². The maximum atomic E-state index is 6.83. The number of allylic oxidation sites excluding steroid dienone is 5. The predicted molar refractivity (Wildman–Crippen MR) is 145 cm³/mol. The van der Waals surface area contributed by atoms with Crippen molar-refractivity contribution in [3.63, 3.8) is 0 Å². The Bertz CT molecular complexity index is 1600. The second-order valence-electron chi connectivity index (χ2n) is 9.11. The molecule has 4 aromatic rings. The van der Waals surface area contributed by atoms with Gasteiger partial charge in [0.15, 0.2) is 0 Å². The fourth-order valence-corrected chi connectivity index (χ4v) is 5.04. The van der Waals surface area contributed by atoms with Gasteiger partial charge in [-0.05, 0) is 66.8 Å². The van der Waals surface area contributed by atoms with Crippen molar-refractivity contribution in [2.45, 2.75) is 25.7 Å². The zero-order valence-electron chi connectivity index (χ0n) is 19.9. The normalized spacial score (nSPS) is 17.4. The number of hydrogen-bond donors (Lipinski definition) is 2. The van der Waals surface area contributed by atoms with Crippen LogP contribution in [0.1, 0.15) is 36.0 Å². The molecule has 0 saturated heterocycles. The van der Waals surface area contributed by atoms with E-state index in [2.05, 4.69) is 69.0 Å². The van der Waals surface area contributed by atoms with E-state index >= 15 is 0 Å². The van der Waals surface area contributed by atoms with Crippen molar-refractivity contribution in [2.24, 2.45) is 11.5 Å². The van der Waals surface area contributed by atoms with Crippen LogP contribution in [0.15, 0.2) is 90.4 Å². The summed E-state index contributed by atoms with van der Waals surface area (Å²) in [5.41, 5.74) is 22.2. The summed E-state index contributed by atoms with van der Waals surface area (Å²) in [6.45, 7) is 0. The van der Waals surface area contributed by atoms with Gasteiger partial charge < -0.3 is 11.5 Å². The molecule has 2 aromatic carbocycles. The monoisotopic (exact) mass is 470 g/mol. The van der Waals surface area contributed by atoms with Crippen molar-refractivity contribution >= 4 is 22.5 Å². The minimum Gasteiger partial charge on any atom is -0.404 e. The van der Waals surface area contributed by atoms with Crippen LogP contribution in [0.3, 0.4) is 0 Å². The summed E-state index contributed by atoms with van der Waals surface area (Å²) < 4.78 is 0. The smallest absolute Gasteiger partial charge is 0.101 e. The Morgan fingerprint density at radius 3 is 2.47 bits per heavy atom. The molecule has 6 rings (SSSR count). The molecule has 0 atom stereocenters. The van der Waals surface area contributed by atoms with Gasteiger partial charge in [0.25, 0.3) is 0 Å². The summed E-state index contributed by atoms with van der Waals surface area (Å²) in [5.74, 6) is 0. The quantitative estimate of drug-likeness (QED) is 0.405. The number of aromatic nitrogens is 4. The van der Waals surface area contributed by atoms with Crippen molar-refractivity contribution in [2.75, 3.05) is 0 Å². The van der Waals surface area contributed by atoms with Gasteiger partial charge in [-0.2, -0.15) is 10.2 Å². The predicted octanol–water partition coefficient (Wildman–Crippen LogP) is 5.58. The van der Waals surface area contributed by atoms with Crippen LogP contribution < -0.4 is 11.5 Å². The minimum atomic E-state index is 0.673. The fraction of sp³-hybridized carbons (Fsp3) is 0.133. The lowest BCUT2D eigenvalue weighted by Crippen LogP contribution is -2.07. The Balaban J connectivity index is 1.63. The summed E-state index contributed by atoms with van der Waals surface area (Å²) in [6.07, 6.45) is 17.6. The van der Waals surface area contributed by atoms with Crippen LogP contribution in [0.2, 0.25) is 0 Å². The van der Waals surface area contributed by atoms with Crippen LogP contribution in [0.5, 0.6) is 0 Å². The standard InChI is InChI=1S/C30H26N6/c31-16-19-7-1-4-10-25(19)28(32)22-13-23(29-26-11-5-2-8-20(26)17-33-35-29)15-24(14-22)30-27-12-6-3-9-21(27)18-34-36-30/h2,4-6,8,10-18H,1,3,7,9,31-32H2/b19-16-,28-25-. The van der Waals surface area contributed by atoms with E-state index < -0.39 is 0 Å². The largest absolute Gasteiger partial charge is 0.404 e. The highest BCUT2D eigenvalue weighted by molar-refractivity contribution is 5.95. The molecule has 0 amide bonds. The van der Waals surface area contributed by atoms with Gasteiger partial charge in [0.2, 0.25) is 0 Å². The molecule has 2 aromatic heterocycles. The topological polar surface area (TPSA) is 104 Å². The molecule has 0 unspecified atom stereocenters. The van der Waals surface area contributed by atoms with Gasteiger partial charge in [0.1, 0.15) is 11.4 Å². The second kappa shape index (κ2) is 9.23. The van der Waals surface area contributed by atoms with Crippen molar-refractivity contribution in [3.05, 3.63) is 107 Å². The highest BCUT2D eigenvalue weighted by Crippen LogP contribution is 2.36. The van der Waals surface area contributed by atoms with Gasteiger partial charge in [-0.1, -0.05) is 48.6 Å². The van der Waals surface area contributed by atoms with E-state index in [1.165, 1.54) is 5.56 Å². The molecule has 6 nitrogen and oxygen atoms in total. The third-order valence-electron chi connectivity index (χ3n) is 6.90. The van der Waals surface area contributed by atoms with E-state index in [1.807, 2.05) is 24.4 Å². The summed E-state index contributed by atoms with van der Waals surface area (Å²) in [4.78, 5) is 0. The Kier molecular flexibility index (Phi) is 5.62. The highest BCUT2D eigenvalue weighted by Gasteiger charge is 2.19. The number of fused-ring (bicyclic) bond motifs is 2. The lowest BCUT2D eigenvalue weighted by atomic mass is 9.89. The molecule has 2 heterocycles. The van der Waals surface area contributed by atoms with Crippen LogP contribution >= 0.6 is 0 Å². The number of hydrogen-bond acceptors (Lipinski definition) is 6. The number of nitrogens with zero attached hydrogens (tertiary/aromatic N) is 4. The second-order valence-corrected chi connectivity index (χ2v) is 9.11. The van der Waals surface area contributed by atoms with Gasteiger partial charge in [-0.3, -0.25) is 0 Å². The number of nitrogens with two attached hydrogens (primary N) is 2. The molecule has 36 heavy (non-hydrogen) atoms. The SMILES string of the molecule is N/C=C1/CCC=C/C1=C(/N)c1cc(-c2nncc3c2C=CCC3)cc(-c2nncc3ccccc23)c1. The molecule has 0 radical (unpaired) electrons. The van der Waals surface area contributed by atoms with E-state index in [0.717, 1.165) is 81.2 Å². The van der Waals surface area contributed by atoms with Gasteiger partial charge >= 0.3 is 0 Å². The Labute approximate surface area is 209 Å². The fourth-order valence-electron chi connectivity index (χ4n) is 5.04. The molecule has 0 spiro atoms. The van der Waals surface area contributed by atoms with E-state index in [4.69, 9.17) is 11.5 Å². The highest BCUT2D eigenvalue weighted by atomic mass is 15.1. The van der Waals surface area contributed by atoms with Crippen molar-refractivity contribution < 1.29 is 0 Å². The maximum absolute atomic E-state index is 6.83. The van der Waals surface area contributed by atoms with Crippen molar-refractivity contribution in [1.82, 2.24) is 20.4 Å². The molecule has 176 valence electrons. The zero-order chi connectivity index (χ0) is 24.5. The number of benzene rings is 2. The Morgan fingerprint density at radius 1 is 0.833 bits per heavy atom. The lowest BCUT2D eigenvalue weighted by molar-refractivity contribution is 0.928. The van der Waals surface area contributed by atoms with Crippen molar-refractivity contribution in [3.8, 4) is 22.5 Å². The van der Waals surface area contributed by atoms with Crippen molar-refractivity contribution in [1.29, 1.82) is 0 Å². The average Bonchev–Trinajstić information content (AvgIpc) is 2.96. The minimum absolute atomic E-state index is 0.673. The van der Waals surface area contributed by atoms with Crippen LogP contribution in [0.4, 0.5) is 0 Å². The summed E-state index contributed by atoms with van der Waals surface area (Å²) >= 11 is 0. The summed E-state index contributed by atoms with van der Waals surface area (Å²) in [5, 5.41) is 19.8. The molecule has 0 bridgehead atoms. The first-order valence-electron chi connectivity index (χ1n) is 12.2. The van der Waals surface area contributed by atoms with Gasteiger partial charge in [0, 0.05) is 38.7 Å². The van der Waals surface area contributed by atoms with Crippen LogP contribution in [0.25, 0.3) is 45.1 Å². The Morgan fingerprint density at radius 2 is 1.58 bits per heavy atom. The first-order chi connectivity index (χ1) is 17.7. The van der Waals surface area contributed by atoms with Gasteiger partial charge in [-0.15, -0.1) is 10.2 Å². The molecule has 0 saturated carbocycles. The van der Waals surface area contributed by atoms with Crippen LogP contribution in [-0.4, -0.2) is 20.4 Å². The Hall–Kier alpha value is -4.58. The summed E-state index contributed by atoms with van der Waals surface area (Å²) in [6, 6.07) is 14.4. The molecular formula is C30H26N6. The molecule has 2 aliphatic carbocycles. The van der Waals surface area contributed by atoms with E-state index in [0.29, 0.717) is 5.70 Å². The zero-order valence-corrected chi connectivity index (χ0v) is 19.9. The lowest BCUT2D eigenvalue weighted by Gasteiger charge is -2.18. The first kappa shape index (κ1) is 21.9. The molecule has 0 aliphatic heterocycles. The number of aryl methyl sites for hydroxylation is 1. The molecule has 6 heteroatoms. The van der Waals surface area contributed by atoms with Gasteiger partial charge in [0.05, 0.1) is 12.4 Å². The van der Waals surface area contributed by atoms with Crippen LogP contribution in [-0.2, 0) is 6.42 Å². The third-order valence-corrected chi connectivity index (χ3v) is 6.90. The average molecular weight is 471 g/mol. The summed E-state index contributed by atoms with van der Waals surface area (Å²) in [7, 11) is 0. The first-order valence-corrected chi connectivity index (χ1v) is 12.2. The van der Waals surface area contributed by atoms with Crippen LogP contribution in [0, 0.1) is 0 Å². The molecule has 0 fully saturated rings. The molecular weight excluding hydrogens is 444 g/mol. The van der Waals surface area contributed by atoms with E-state index in [1.54, 1.807) is 12.4 Å². The number of rotatable bonds is 3. The third kappa shape index (κ3) is 3.86. The van der Waals surface area contributed by atoms with E-state index in [-0.39, 0.29) is 0 Å².